The van der Waals surface area contributed by atoms with Crippen molar-refractivity contribution >= 4 is 35.0 Å². The maximum absolute atomic E-state index is 14.8. The van der Waals surface area contributed by atoms with Gasteiger partial charge in [-0.25, -0.2) is 0 Å². The van der Waals surface area contributed by atoms with Crippen LogP contribution in [0.1, 0.15) is 52.5 Å². The van der Waals surface area contributed by atoms with Gasteiger partial charge in [-0.05, 0) is 37.3 Å². The molecule has 8 nitrogen and oxygen atoms in total. The molecule has 2 saturated heterocycles. The van der Waals surface area contributed by atoms with Crippen LogP contribution in [0.25, 0.3) is 0 Å². The van der Waals surface area contributed by atoms with Gasteiger partial charge in [-0.1, -0.05) is 82.2 Å². The van der Waals surface area contributed by atoms with Gasteiger partial charge in [0.05, 0.1) is 40.8 Å². The van der Waals surface area contributed by atoms with Crippen LogP contribution in [0.15, 0.2) is 42.5 Å². The third-order valence-electron chi connectivity index (χ3n) is 9.76. The Balaban J connectivity index is 1.73. The number of carbonyl (C=O) groups excluding carboxylic acids is 3. The molecule has 1 aromatic carbocycles. The van der Waals surface area contributed by atoms with E-state index < -0.39 is 35.1 Å². The summed E-state index contributed by atoms with van der Waals surface area (Å²) >= 11 is 6.66. The molecule has 4 aliphatic heterocycles. The van der Waals surface area contributed by atoms with Crippen LogP contribution in [-0.4, -0.2) is 82.2 Å². The third kappa shape index (κ3) is 4.36. The highest BCUT2D eigenvalue weighted by Crippen LogP contribution is 2.59. The number of rotatable bonds is 8. The molecule has 1 unspecified atom stereocenters. The van der Waals surface area contributed by atoms with Crippen molar-refractivity contribution in [1.29, 1.82) is 0 Å². The molecule has 222 valence electrons. The molecule has 0 radical (unpaired) electrons. The molecule has 1 aromatic rings. The summed E-state index contributed by atoms with van der Waals surface area (Å²) in [6.45, 7) is 10.8. The van der Waals surface area contributed by atoms with Crippen molar-refractivity contribution in [3.8, 4) is 0 Å². The first kappa shape index (κ1) is 29.8. The Hall–Kier alpha value is -2.68. The predicted octanol–water partition coefficient (Wildman–Crippen LogP) is 4.13. The number of carbonyl (C=O) groups is 3. The summed E-state index contributed by atoms with van der Waals surface area (Å²) in [7, 11) is 0. The van der Waals surface area contributed by atoms with Crippen LogP contribution in [0.5, 0.6) is 0 Å². The van der Waals surface area contributed by atoms with Crippen molar-refractivity contribution in [2.75, 3.05) is 31.1 Å². The Morgan fingerprint density at radius 2 is 1.78 bits per heavy atom. The Morgan fingerprint density at radius 1 is 1.05 bits per heavy atom. The minimum absolute atomic E-state index is 0.0902. The molecule has 3 amide bonds. The molecular formula is C32H42ClN3O5. The first-order chi connectivity index (χ1) is 19.6. The summed E-state index contributed by atoms with van der Waals surface area (Å²) in [5.74, 6) is -2.55. The van der Waals surface area contributed by atoms with E-state index in [4.69, 9.17) is 16.3 Å². The van der Waals surface area contributed by atoms with Gasteiger partial charge in [0.1, 0.15) is 11.6 Å². The van der Waals surface area contributed by atoms with Crippen LogP contribution in [0.3, 0.4) is 0 Å². The smallest absolute Gasteiger partial charge is 0.253 e. The fourth-order valence-electron chi connectivity index (χ4n) is 7.56. The lowest BCUT2D eigenvalue weighted by Gasteiger charge is -2.42. The van der Waals surface area contributed by atoms with Gasteiger partial charge in [0, 0.05) is 19.6 Å². The molecule has 2 fully saturated rings. The maximum atomic E-state index is 14.8. The monoisotopic (exact) mass is 583 g/mol. The topological polar surface area (TPSA) is 90.4 Å². The number of para-hydroxylation sites is 1. The molecule has 4 aliphatic rings. The molecular weight excluding hydrogens is 542 g/mol. The SMILES string of the molecule is CCCN1CC=C[C@]2(CC)O[C@]34C=CCN(c5c(C)cccc5Cl)C(=O)C3N([C@@H](CO)[C@@H](C)CC)C(=O)[C@@H]4[C@@H]2C1=O. The van der Waals surface area contributed by atoms with Gasteiger partial charge >= 0.3 is 0 Å². The van der Waals surface area contributed by atoms with E-state index in [1.807, 2.05) is 71.1 Å². The Labute approximate surface area is 247 Å². The quantitative estimate of drug-likeness (QED) is 0.465. The van der Waals surface area contributed by atoms with Gasteiger partial charge < -0.3 is 24.5 Å². The fraction of sp³-hybridized carbons (Fsp3) is 0.594. The van der Waals surface area contributed by atoms with Crippen LogP contribution in [-0.2, 0) is 19.1 Å². The highest BCUT2D eigenvalue weighted by Gasteiger charge is 2.76. The lowest BCUT2D eigenvalue weighted by molar-refractivity contribution is -0.153. The van der Waals surface area contributed by atoms with E-state index in [0.29, 0.717) is 36.6 Å². The van der Waals surface area contributed by atoms with Gasteiger partial charge in [0.2, 0.25) is 11.8 Å². The van der Waals surface area contributed by atoms with Crippen LogP contribution in [0.4, 0.5) is 5.69 Å². The van der Waals surface area contributed by atoms with Gasteiger partial charge in [-0.2, -0.15) is 0 Å². The lowest BCUT2D eigenvalue weighted by Crippen LogP contribution is -2.60. The minimum atomic E-state index is -1.38. The van der Waals surface area contributed by atoms with Crippen molar-refractivity contribution < 1.29 is 24.2 Å². The van der Waals surface area contributed by atoms with E-state index in [1.54, 1.807) is 20.8 Å². The Kier molecular flexibility index (Phi) is 8.14. The molecule has 9 heteroatoms. The number of aliphatic hydroxyl groups excluding tert-OH is 1. The van der Waals surface area contributed by atoms with Crippen LogP contribution in [0.2, 0.25) is 5.02 Å². The number of nitrogens with zero attached hydrogens (tertiary/aromatic N) is 3. The standard InChI is InChI=1S/C32H42ClN3O5/c1-6-16-34-17-10-14-31(8-3)24(28(34)38)25-29(39)36(23(19-37)20(4)7-2)27-30(40)35(18-11-15-32(25,27)41-31)26-21(5)12-9-13-22(26)33/h9-15,20,23-25,27,37H,6-8,16-19H2,1-5H3/t20-,23-,24+,25-,27?,31-,32-/m0/s1. The summed E-state index contributed by atoms with van der Waals surface area (Å²) in [6.07, 6.45) is 9.60. The highest BCUT2D eigenvalue weighted by molar-refractivity contribution is 6.34. The first-order valence-corrected chi connectivity index (χ1v) is 15.3. The molecule has 5 rings (SSSR count). The molecule has 7 atom stereocenters. The molecule has 0 aliphatic carbocycles. The minimum Gasteiger partial charge on any atom is -0.394 e. The molecule has 0 saturated carbocycles. The summed E-state index contributed by atoms with van der Waals surface area (Å²) in [4.78, 5) is 48.8. The normalized spacial score (nSPS) is 32.5. The largest absolute Gasteiger partial charge is 0.394 e. The second-order valence-electron chi connectivity index (χ2n) is 11.9. The van der Waals surface area contributed by atoms with E-state index in [1.165, 1.54) is 0 Å². The number of fused-ring (bicyclic) bond motifs is 2. The van der Waals surface area contributed by atoms with Crippen molar-refractivity contribution in [3.63, 3.8) is 0 Å². The van der Waals surface area contributed by atoms with Crippen molar-refractivity contribution in [3.05, 3.63) is 53.1 Å². The summed E-state index contributed by atoms with van der Waals surface area (Å²) < 4.78 is 7.05. The summed E-state index contributed by atoms with van der Waals surface area (Å²) in [6, 6.07) is 3.80. The maximum Gasteiger partial charge on any atom is 0.253 e. The van der Waals surface area contributed by atoms with Crippen LogP contribution < -0.4 is 4.90 Å². The number of hydrogen-bond donors (Lipinski definition) is 1. The van der Waals surface area contributed by atoms with Gasteiger partial charge in [0.15, 0.2) is 0 Å². The molecule has 4 heterocycles. The molecule has 0 aromatic heterocycles. The van der Waals surface area contributed by atoms with E-state index in [0.717, 1.165) is 12.0 Å². The fourth-order valence-corrected chi connectivity index (χ4v) is 7.88. The number of anilines is 1. The van der Waals surface area contributed by atoms with Crippen LogP contribution in [0, 0.1) is 24.7 Å². The number of halogens is 1. The Morgan fingerprint density at radius 3 is 2.41 bits per heavy atom. The number of likely N-dealkylation sites (tertiary alicyclic amines) is 1. The van der Waals surface area contributed by atoms with Crippen molar-refractivity contribution in [2.45, 2.75) is 77.2 Å². The number of aryl methyl sites for hydroxylation is 1. The predicted molar refractivity (Wildman–Crippen MR) is 158 cm³/mol. The van der Waals surface area contributed by atoms with Gasteiger partial charge in [-0.15, -0.1) is 0 Å². The number of ether oxygens (including phenoxy) is 1. The zero-order chi connectivity index (χ0) is 29.7. The molecule has 0 bridgehead atoms. The van der Waals surface area contributed by atoms with Gasteiger partial charge in [0.25, 0.3) is 5.91 Å². The van der Waals surface area contributed by atoms with E-state index >= 15 is 0 Å². The Bertz CT molecular complexity index is 1260. The van der Waals surface area contributed by atoms with E-state index in [2.05, 4.69) is 0 Å². The van der Waals surface area contributed by atoms with Gasteiger partial charge in [-0.3, -0.25) is 14.4 Å². The van der Waals surface area contributed by atoms with Crippen molar-refractivity contribution in [2.24, 2.45) is 17.8 Å². The zero-order valence-corrected chi connectivity index (χ0v) is 25.4. The van der Waals surface area contributed by atoms with Crippen molar-refractivity contribution in [1.82, 2.24) is 9.80 Å². The molecule has 1 N–H and O–H groups in total. The lowest BCUT2D eigenvalue weighted by atomic mass is 9.73. The average Bonchev–Trinajstić information content (AvgIpc) is 3.25. The number of hydrogen-bond acceptors (Lipinski definition) is 5. The summed E-state index contributed by atoms with van der Waals surface area (Å²) in [5, 5.41) is 11.1. The van der Waals surface area contributed by atoms with Crippen LogP contribution >= 0.6 is 11.6 Å². The first-order valence-electron chi connectivity index (χ1n) is 15.0. The molecule has 41 heavy (non-hydrogen) atoms. The summed E-state index contributed by atoms with van der Waals surface area (Å²) in [5.41, 5.74) is -0.994. The van der Waals surface area contributed by atoms with E-state index in [9.17, 15) is 19.5 Å². The average molecular weight is 584 g/mol. The molecule has 1 spiro atoms. The third-order valence-corrected chi connectivity index (χ3v) is 10.1. The highest BCUT2D eigenvalue weighted by atomic mass is 35.5. The number of amides is 3. The second kappa shape index (κ2) is 11.2. The van der Waals surface area contributed by atoms with E-state index in [-0.39, 0.29) is 36.8 Å². The second-order valence-corrected chi connectivity index (χ2v) is 12.4. The number of aliphatic hydroxyl groups is 1. The zero-order valence-electron chi connectivity index (χ0n) is 24.7. The number of benzene rings is 1.